The highest BCUT2D eigenvalue weighted by atomic mass is 35.5. The quantitative estimate of drug-likeness (QED) is 0.802. The van der Waals surface area contributed by atoms with Crippen molar-refractivity contribution in [2.24, 2.45) is 0 Å². The van der Waals surface area contributed by atoms with Gasteiger partial charge in [0.1, 0.15) is 0 Å². The third-order valence-corrected chi connectivity index (χ3v) is 2.58. The van der Waals surface area contributed by atoms with Gasteiger partial charge in [0.25, 0.3) is 0 Å². The van der Waals surface area contributed by atoms with Crippen LogP contribution in [0.25, 0.3) is 6.08 Å². The van der Waals surface area contributed by atoms with Crippen molar-refractivity contribution in [3.05, 3.63) is 39.9 Å². The molecule has 1 N–H and O–H groups in total. The van der Waals surface area contributed by atoms with Crippen molar-refractivity contribution in [3.63, 3.8) is 0 Å². The van der Waals surface area contributed by atoms with Gasteiger partial charge < -0.3 is 5.11 Å². The Labute approximate surface area is 104 Å². The maximum absolute atomic E-state index is 10.3. The smallest absolute Gasteiger partial charge is 0.303 e. The van der Waals surface area contributed by atoms with E-state index in [1.807, 2.05) is 18.2 Å². The Morgan fingerprint density at radius 2 is 2.12 bits per heavy atom. The topological polar surface area (TPSA) is 37.3 Å². The first-order chi connectivity index (χ1) is 7.59. The molecule has 0 unspecified atom stereocenters. The molecule has 0 amide bonds. The summed E-state index contributed by atoms with van der Waals surface area (Å²) in [5.74, 6) is -0.766. The molecule has 1 aromatic rings. The monoisotopic (exact) mass is 258 g/mol. The molecule has 0 heterocycles. The van der Waals surface area contributed by atoms with Gasteiger partial charge in [0.15, 0.2) is 0 Å². The van der Waals surface area contributed by atoms with Crippen LogP contribution in [-0.2, 0) is 4.79 Å². The van der Waals surface area contributed by atoms with Gasteiger partial charge >= 0.3 is 5.97 Å². The third-order valence-electron chi connectivity index (χ3n) is 2.02. The van der Waals surface area contributed by atoms with Crippen LogP contribution in [0.2, 0.25) is 10.0 Å². The van der Waals surface area contributed by atoms with Gasteiger partial charge in [0, 0.05) is 16.5 Å². The van der Waals surface area contributed by atoms with E-state index in [9.17, 15) is 4.79 Å². The fourth-order valence-corrected chi connectivity index (χ4v) is 1.69. The zero-order valence-electron chi connectivity index (χ0n) is 8.62. The molecule has 0 aliphatic heterocycles. The summed E-state index contributed by atoms with van der Waals surface area (Å²) in [6, 6.07) is 5.28. The molecule has 0 spiro atoms. The van der Waals surface area contributed by atoms with Crippen molar-refractivity contribution < 1.29 is 9.90 Å². The summed E-state index contributed by atoms with van der Waals surface area (Å²) in [5.41, 5.74) is 0.890. The maximum atomic E-state index is 10.3. The van der Waals surface area contributed by atoms with Crippen molar-refractivity contribution in [1.29, 1.82) is 0 Å². The van der Waals surface area contributed by atoms with E-state index in [1.54, 1.807) is 12.1 Å². The summed E-state index contributed by atoms with van der Waals surface area (Å²) >= 11 is 11.7. The van der Waals surface area contributed by atoms with E-state index >= 15 is 0 Å². The van der Waals surface area contributed by atoms with Gasteiger partial charge in [-0.2, -0.15) is 0 Å². The van der Waals surface area contributed by atoms with E-state index in [2.05, 4.69) is 0 Å². The Morgan fingerprint density at radius 3 is 2.75 bits per heavy atom. The lowest BCUT2D eigenvalue weighted by molar-refractivity contribution is -0.137. The molecule has 0 atom stereocenters. The Bertz CT molecular complexity index is 400. The third kappa shape index (κ3) is 4.69. The van der Waals surface area contributed by atoms with Crippen molar-refractivity contribution in [3.8, 4) is 0 Å². The molecule has 16 heavy (non-hydrogen) atoms. The molecule has 1 aromatic carbocycles. The van der Waals surface area contributed by atoms with Crippen molar-refractivity contribution in [2.75, 3.05) is 0 Å². The van der Waals surface area contributed by atoms with Crippen LogP contribution in [0.4, 0.5) is 0 Å². The molecule has 0 saturated carbocycles. The molecule has 0 radical (unpaired) electrons. The minimum absolute atomic E-state index is 0.193. The first-order valence-electron chi connectivity index (χ1n) is 4.93. The van der Waals surface area contributed by atoms with E-state index in [0.717, 1.165) is 12.0 Å². The standard InChI is InChI=1S/C12H12Cl2O2/c13-10-7-6-9(11(14)8-10)4-2-1-3-5-12(15)16/h2,4,6-8H,1,3,5H2,(H,15,16)/b4-2-. The van der Waals surface area contributed by atoms with E-state index in [1.165, 1.54) is 0 Å². The number of unbranched alkanes of at least 4 members (excludes halogenated alkanes) is 1. The summed E-state index contributed by atoms with van der Waals surface area (Å²) in [7, 11) is 0. The molecule has 1 rings (SSSR count). The SMILES string of the molecule is O=C(O)CCC/C=C\c1ccc(Cl)cc1Cl. The van der Waals surface area contributed by atoms with Crippen LogP contribution >= 0.6 is 23.2 Å². The van der Waals surface area contributed by atoms with Gasteiger partial charge in [-0.25, -0.2) is 0 Å². The Kier molecular flexibility index (Phi) is 5.36. The number of carbonyl (C=O) groups is 1. The van der Waals surface area contributed by atoms with E-state index in [-0.39, 0.29) is 6.42 Å². The molecular formula is C12H12Cl2O2. The number of rotatable bonds is 5. The molecule has 0 aromatic heterocycles. The number of benzene rings is 1. The van der Waals surface area contributed by atoms with Crippen molar-refractivity contribution >= 4 is 35.2 Å². The van der Waals surface area contributed by atoms with E-state index < -0.39 is 5.97 Å². The molecule has 86 valence electrons. The van der Waals surface area contributed by atoms with Gasteiger partial charge in [-0.3, -0.25) is 4.79 Å². The number of carboxylic acids is 1. The van der Waals surface area contributed by atoms with Crippen LogP contribution in [0.5, 0.6) is 0 Å². The molecule has 4 heteroatoms. The van der Waals surface area contributed by atoms with Crippen LogP contribution in [0.1, 0.15) is 24.8 Å². The minimum Gasteiger partial charge on any atom is -0.481 e. The van der Waals surface area contributed by atoms with Crippen molar-refractivity contribution in [1.82, 2.24) is 0 Å². The second-order valence-corrected chi connectivity index (χ2v) is 4.20. The average molecular weight is 259 g/mol. The molecule has 0 saturated heterocycles. The van der Waals surface area contributed by atoms with Gasteiger partial charge in [0.2, 0.25) is 0 Å². The van der Waals surface area contributed by atoms with Crippen LogP contribution in [0.3, 0.4) is 0 Å². The second kappa shape index (κ2) is 6.56. The molecule has 0 aliphatic rings. The lowest BCUT2D eigenvalue weighted by Gasteiger charge is -1.98. The zero-order valence-corrected chi connectivity index (χ0v) is 10.1. The van der Waals surface area contributed by atoms with Crippen LogP contribution < -0.4 is 0 Å². The minimum atomic E-state index is -0.766. The average Bonchev–Trinajstić information content (AvgIpc) is 2.20. The Balaban J connectivity index is 2.47. The summed E-state index contributed by atoms with van der Waals surface area (Å²) < 4.78 is 0. The highest BCUT2D eigenvalue weighted by Gasteiger charge is 1.97. The van der Waals surface area contributed by atoms with Gasteiger partial charge in [-0.15, -0.1) is 0 Å². The Hall–Kier alpha value is -0.990. The predicted octanol–water partition coefficient (Wildman–Crippen LogP) is 4.26. The Morgan fingerprint density at radius 1 is 1.38 bits per heavy atom. The van der Waals surface area contributed by atoms with Gasteiger partial charge in [-0.1, -0.05) is 41.4 Å². The zero-order chi connectivity index (χ0) is 12.0. The lowest BCUT2D eigenvalue weighted by Crippen LogP contribution is -1.92. The summed E-state index contributed by atoms with van der Waals surface area (Å²) in [6.07, 6.45) is 5.35. The molecular weight excluding hydrogens is 247 g/mol. The summed E-state index contributed by atoms with van der Waals surface area (Å²) in [5, 5.41) is 9.65. The fourth-order valence-electron chi connectivity index (χ4n) is 1.22. The number of allylic oxidation sites excluding steroid dienone is 1. The van der Waals surface area contributed by atoms with E-state index in [4.69, 9.17) is 28.3 Å². The summed E-state index contributed by atoms with van der Waals surface area (Å²) in [6.45, 7) is 0. The first kappa shape index (κ1) is 13.1. The molecule has 0 aliphatic carbocycles. The normalized spacial score (nSPS) is 10.9. The highest BCUT2D eigenvalue weighted by Crippen LogP contribution is 2.22. The number of hydrogen-bond donors (Lipinski definition) is 1. The van der Waals surface area contributed by atoms with Crippen LogP contribution in [0, 0.1) is 0 Å². The predicted molar refractivity (Wildman–Crippen MR) is 67.0 cm³/mol. The number of halogens is 2. The number of carboxylic acid groups (broad SMARTS) is 1. The first-order valence-corrected chi connectivity index (χ1v) is 5.68. The maximum Gasteiger partial charge on any atom is 0.303 e. The second-order valence-electron chi connectivity index (χ2n) is 3.35. The molecule has 0 fully saturated rings. The van der Waals surface area contributed by atoms with Crippen LogP contribution in [-0.4, -0.2) is 11.1 Å². The number of hydrogen-bond acceptors (Lipinski definition) is 1. The van der Waals surface area contributed by atoms with E-state index in [0.29, 0.717) is 16.5 Å². The van der Waals surface area contributed by atoms with Gasteiger partial charge in [0.05, 0.1) is 0 Å². The number of aliphatic carboxylic acids is 1. The fraction of sp³-hybridized carbons (Fsp3) is 0.250. The van der Waals surface area contributed by atoms with Gasteiger partial charge in [-0.05, 0) is 30.5 Å². The molecule has 0 bridgehead atoms. The van der Waals surface area contributed by atoms with Crippen molar-refractivity contribution in [2.45, 2.75) is 19.3 Å². The largest absolute Gasteiger partial charge is 0.481 e. The molecule has 2 nitrogen and oxygen atoms in total. The summed E-state index contributed by atoms with van der Waals surface area (Å²) in [4.78, 5) is 10.3. The highest BCUT2D eigenvalue weighted by molar-refractivity contribution is 6.35. The van der Waals surface area contributed by atoms with Crippen LogP contribution in [0.15, 0.2) is 24.3 Å². The lowest BCUT2D eigenvalue weighted by atomic mass is 10.1.